The van der Waals surface area contributed by atoms with Gasteiger partial charge in [-0.05, 0) is 25.7 Å². The van der Waals surface area contributed by atoms with Crippen LogP contribution in [0.2, 0.25) is 0 Å². The predicted molar refractivity (Wildman–Crippen MR) is 84.5 cm³/mol. The highest BCUT2D eigenvalue weighted by molar-refractivity contribution is 5.89. The molecule has 2 aliphatic heterocycles. The van der Waals surface area contributed by atoms with Gasteiger partial charge >= 0.3 is 0 Å². The molecule has 0 aromatic rings. The number of hydrogen-bond donors (Lipinski definition) is 1. The lowest BCUT2D eigenvalue weighted by Gasteiger charge is -2.35. The number of hydrogen-bond acceptors (Lipinski definition) is 4. The molecule has 0 saturated carbocycles. The molecular weight excluding hydrogens is 282 g/mol. The number of carbonyl (C=O) groups is 2. The van der Waals surface area contributed by atoms with Crippen molar-refractivity contribution in [2.45, 2.75) is 39.2 Å². The monoisotopic (exact) mass is 311 g/mol. The van der Waals surface area contributed by atoms with Crippen LogP contribution in [-0.2, 0) is 14.3 Å². The minimum absolute atomic E-state index is 0.0321. The Morgan fingerprint density at radius 3 is 2.73 bits per heavy atom. The number of nitrogens with one attached hydrogen (secondary N) is 1. The molecule has 2 fully saturated rings. The number of amides is 2. The van der Waals surface area contributed by atoms with E-state index in [2.05, 4.69) is 12.2 Å². The third kappa shape index (κ3) is 4.68. The van der Waals surface area contributed by atoms with E-state index in [0.29, 0.717) is 32.2 Å². The summed E-state index contributed by atoms with van der Waals surface area (Å²) in [5.74, 6) is 0.835. The van der Waals surface area contributed by atoms with Crippen molar-refractivity contribution in [1.82, 2.24) is 15.1 Å². The number of rotatable bonds is 6. The van der Waals surface area contributed by atoms with Crippen LogP contribution in [0.5, 0.6) is 0 Å². The lowest BCUT2D eigenvalue weighted by atomic mass is 9.98. The van der Waals surface area contributed by atoms with Crippen molar-refractivity contribution < 1.29 is 14.3 Å². The van der Waals surface area contributed by atoms with Gasteiger partial charge in [-0.3, -0.25) is 9.59 Å². The second-order valence-corrected chi connectivity index (χ2v) is 6.30. The molecule has 0 aromatic heterocycles. The maximum atomic E-state index is 12.4. The zero-order valence-electron chi connectivity index (χ0n) is 13.8. The third-order valence-electron chi connectivity index (χ3n) is 4.61. The number of nitrogens with zero attached hydrogens (tertiary/aromatic N) is 2. The van der Waals surface area contributed by atoms with E-state index in [4.69, 9.17) is 4.74 Å². The zero-order valence-corrected chi connectivity index (χ0v) is 13.8. The molecule has 1 N–H and O–H groups in total. The van der Waals surface area contributed by atoms with Crippen molar-refractivity contribution in [2.24, 2.45) is 5.92 Å². The van der Waals surface area contributed by atoms with Crippen LogP contribution < -0.4 is 5.32 Å². The van der Waals surface area contributed by atoms with Gasteiger partial charge in [0.25, 0.3) is 0 Å². The van der Waals surface area contributed by atoms with Gasteiger partial charge in [0.1, 0.15) is 0 Å². The van der Waals surface area contributed by atoms with Crippen LogP contribution in [0.3, 0.4) is 0 Å². The summed E-state index contributed by atoms with van der Waals surface area (Å²) in [7, 11) is 0. The molecule has 6 nitrogen and oxygen atoms in total. The molecule has 1 atom stereocenters. The predicted octanol–water partition coefficient (Wildman–Crippen LogP) is 0.472. The zero-order chi connectivity index (χ0) is 15.9. The van der Waals surface area contributed by atoms with Crippen molar-refractivity contribution in [3.8, 4) is 0 Å². The van der Waals surface area contributed by atoms with E-state index < -0.39 is 0 Å². The van der Waals surface area contributed by atoms with E-state index in [1.807, 2.05) is 16.7 Å². The number of piperazine rings is 1. The topological polar surface area (TPSA) is 61.9 Å². The minimum Gasteiger partial charge on any atom is -0.380 e. The minimum atomic E-state index is -0.373. The van der Waals surface area contributed by atoms with E-state index in [-0.39, 0.29) is 24.3 Å². The van der Waals surface area contributed by atoms with Crippen LogP contribution >= 0.6 is 0 Å². The maximum Gasteiger partial charge on any atom is 0.240 e. The molecule has 0 radical (unpaired) electrons. The van der Waals surface area contributed by atoms with Gasteiger partial charge in [0.05, 0.1) is 19.1 Å². The molecule has 0 spiro atoms. The van der Waals surface area contributed by atoms with Gasteiger partial charge in [-0.1, -0.05) is 6.92 Å². The molecule has 6 heteroatoms. The molecule has 0 aromatic carbocycles. The van der Waals surface area contributed by atoms with Crippen molar-refractivity contribution in [1.29, 1.82) is 0 Å². The van der Waals surface area contributed by atoms with Gasteiger partial charge < -0.3 is 19.9 Å². The largest absolute Gasteiger partial charge is 0.380 e. The molecule has 2 rings (SSSR count). The average Bonchev–Trinajstić information content (AvgIpc) is 2.51. The van der Waals surface area contributed by atoms with E-state index >= 15 is 0 Å². The normalized spacial score (nSPS) is 23.9. The van der Waals surface area contributed by atoms with Crippen molar-refractivity contribution in [3.05, 3.63) is 0 Å². The van der Waals surface area contributed by atoms with Crippen LogP contribution in [0.1, 0.15) is 33.1 Å². The fraction of sp³-hybridized carbons (Fsp3) is 0.875. The lowest BCUT2D eigenvalue weighted by Crippen LogP contribution is -2.57. The summed E-state index contributed by atoms with van der Waals surface area (Å²) in [5.41, 5.74) is 0. The Balaban J connectivity index is 1.80. The lowest BCUT2D eigenvalue weighted by molar-refractivity contribution is -0.142. The van der Waals surface area contributed by atoms with Crippen LogP contribution in [0, 0.1) is 5.92 Å². The Kier molecular flexibility index (Phi) is 6.64. The highest BCUT2D eigenvalue weighted by Crippen LogP contribution is 2.17. The summed E-state index contributed by atoms with van der Waals surface area (Å²) < 4.78 is 5.32. The SMILES string of the molecule is CCOCCN1CCNC(CC(=O)N2CCC(C)CC2)C1=O. The third-order valence-corrected chi connectivity index (χ3v) is 4.61. The van der Waals surface area contributed by atoms with E-state index in [1.54, 1.807) is 0 Å². The first kappa shape index (κ1) is 17.2. The van der Waals surface area contributed by atoms with Gasteiger partial charge in [-0.2, -0.15) is 0 Å². The average molecular weight is 311 g/mol. The van der Waals surface area contributed by atoms with E-state index in [0.717, 1.165) is 32.5 Å². The van der Waals surface area contributed by atoms with Gasteiger partial charge in [0.15, 0.2) is 0 Å². The van der Waals surface area contributed by atoms with E-state index in [9.17, 15) is 9.59 Å². The van der Waals surface area contributed by atoms with Crippen LogP contribution in [0.4, 0.5) is 0 Å². The first-order valence-corrected chi connectivity index (χ1v) is 8.49. The van der Waals surface area contributed by atoms with Crippen molar-refractivity contribution in [2.75, 3.05) is 45.9 Å². The van der Waals surface area contributed by atoms with Crippen LogP contribution in [-0.4, -0.2) is 73.6 Å². The maximum absolute atomic E-state index is 12.4. The molecule has 0 bridgehead atoms. The highest BCUT2D eigenvalue weighted by Gasteiger charge is 2.31. The second-order valence-electron chi connectivity index (χ2n) is 6.30. The van der Waals surface area contributed by atoms with Gasteiger partial charge in [-0.25, -0.2) is 0 Å². The Labute approximate surface area is 133 Å². The summed E-state index contributed by atoms with van der Waals surface area (Å²) in [4.78, 5) is 28.5. The van der Waals surface area contributed by atoms with Crippen LogP contribution in [0.25, 0.3) is 0 Å². The fourth-order valence-corrected chi connectivity index (χ4v) is 3.05. The van der Waals surface area contributed by atoms with Gasteiger partial charge in [0.2, 0.25) is 11.8 Å². The number of ether oxygens (including phenoxy) is 1. The Morgan fingerprint density at radius 1 is 1.32 bits per heavy atom. The summed E-state index contributed by atoms with van der Waals surface area (Å²) in [6, 6.07) is -0.373. The summed E-state index contributed by atoms with van der Waals surface area (Å²) >= 11 is 0. The smallest absolute Gasteiger partial charge is 0.240 e. The molecule has 2 saturated heterocycles. The Morgan fingerprint density at radius 2 is 2.05 bits per heavy atom. The first-order valence-electron chi connectivity index (χ1n) is 8.49. The second kappa shape index (κ2) is 8.48. The summed E-state index contributed by atoms with van der Waals surface area (Å²) in [6.07, 6.45) is 2.41. The van der Waals surface area contributed by atoms with Gasteiger partial charge in [-0.15, -0.1) is 0 Å². The summed E-state index contributed by atoms with van der Waals surface area (Å²) in [6.45, 7) is 9.10. The quantitative estimate of drug-likeness (QED) is 0.725. The molecule has 0 aliphatic carbocycles. The molecule has 22 heavy (non-hydrogen) atoms. The molecule has 126 valence electrons. The van der Waals surface area contributed by atoms with Gasteiger partial charge in [0, 0.05) is 39.3 Å². The standard InChI is InChI=1S/C16H29N3O3/c1-3-22-11-10-19-9-6-17-14(16(19)21)12-15(20)18-7-4-13(2)5-8-18/h13-14,17H,3-12H2,1-2H3. The highest BCUT2D eigenvalue weighted by atomic mass is 16.5. The molecule has 2 aliphatic rings. The molecule has 2 amide bonds. The molecular formula is C16H29N3O3. The first-order chi connectivity index (χ1) is 10.6. The molecule has 1 unspecified atom stereocenters. The number of likely N-dealkylation sites (tertiary alicyclic amines) is 1. The summed E-state index contributed by atoms with van der Waals surface area (Å²) in [5, 5.41) is 3.19. The number of carbonyl (C=O) groups excluding carboxylic acids is 2. The van der Waals surface area contributed by atoms with Crippen molar-refractivity contribution >= 4 is 11.8 Å². The Hall–Kier alpha value is -1.14. The Bertz CT molecular complexity index is 381. The van der Waals surface area contributed by atoms with Crippen molar-refractivity contribution in [3.63, 3.8) is 0 Å². The molecule has 2 heterocycles. The van der Waals surface area contributed by atoms with E-state index in [1.165, 1.54) is 0 Å². The number of piperidine rings is 1. The fourth-order valence-electron chi connectivity index (χ4n) is 3.05. The van der Waals surface area contributed by atoms with Crippen LogP contribution in [0.15, 0.2) is 0 Å².